The Morgan fingerprint density at radius 1 is 1.15 bits per heavy atom. The van der Waals surface area contributed by atoms with E-state index in [1.54, 1.807) is 18.5 Å². The Bertz CT molecular complexity index is 734. The molecule has 0 radical (unpaired) electrons. The van der Waals surface area contributed by atoms with E-state index in [4.69, 9.17) is 9.47 Å². The fourth-order valence-corrected chi connectivity index (χ4v) is 2.95. The SMILES string of the molecule is CC1CN(C(=O)/C=C/c2ccc(OCc3ccncc3)cc2)CC(C)O1. The molecule has 26 heavy (non-hydrogen) atoms. The molecule has 2 unspecified atom stereocenters. The highest BCUT2D eigenvalue weighted by Gasteiger charge is 2.24. The summed E-state index contributed by atoms with van der Waals surface area (Å²) in [7, 11) is 0. The lowest BCUT2D eigenvalue weighted by Crippen LogP contribution is -2.47. The molecule has 0 saturated carbocycles. The highest BCUT2D eigenvalue weighted by atomic mass is 16.5. The van der Waals surface area contributed by atoms with E-state index in [1.807, 2.05) is 61.2 Å². The molecule has 0 spiro atoms. The fraction of sp³-hybridized carbons (Fsp3) is 0.333. The number of nitrogens with zero attached hydrogens (tertiary/aromatic N) is 2. The second-order valence-corrected chi connectivity index (χ2v) is 6.55. The number of morpholine rings is 1. The van der Waals surface area contributed by atoms with Crippen LogP contribution in [0.2, 0.25) is 0 Å². The zero-order chi connectivity index (χ0) is 18.4. The topological polar surface area (TPSA) is 51.7 Å². The van der Waals surface area contributed by atoms with E-state index in [2.05, 4.69) is 4.98 Å². The van der Waals surface area contributed by atoms with E-state index >= 15 is 0 Å². The van der Waals surface area contributed by atoms with E-state index in [0.717, 1.165) is 16.9 Å². The third-order valence-corrected chi connectivity index (χ3v) is 4.18. The molecule has 5 heteroatoms. The molecule has 1 saturated heterocycles. The van der Waals surface area contributed by atoms with E-state index in [1.165, 1.54) is 0 Å². The summed E-state index contributed by atoms with van der Waals surface area (Å²) in [6.07, 6.45) is 7.11. The summed E-state index contributed by atoms with van der Waals surface area (Å²) in [4.78, 5) is 18.2. The first-order chi connectivity index (χ1) is 12.6. The second kappa shape index (κ2) is 8.63. The van der Waals surface area contributed by atoms with Gasteiger partial charge in [-0.05, 0) is 55.3 Å². The average molecular weight is 352 g/mol. The Balaban J connectivity index is 1.53. The zero-order valence-electron chi connectivity index (χ0n) is 15.2. The van der Waals surface area contributed by atoms with Crippen molar-refractivity contribution in [3.05, 3.63) is 66.0 Å². The highest BCUT2D eigenvalue weighted by Crippen LogP contribution is 2.16. The van der Waals surface area contributed by atoms with Crippen molar-refractivity contribution in [3.63, 3.8) is 0 Å². The number of amides is 1. The number of ether oxygens (including phenoxy) is 2. The summed E-state index contributed by atoms with van der Waals surface area (Å²) in [5, 5.41) is 0. The van der Waals surface area contributed by atoms with Crippen molar-refractivity contribution in [1.82, 2.24) is 9.88 Å². The molecule has 1 fully saturated rings. The smallest absolute Gasteiger partial charge is 0.246 e. The third kappa shape index (κ3) is 5.17. The van der Waals surface area contributed by atoms with E-state index < -0.39 is 0 Å². The number of carbonyl (C=O) groups is 1. The van der Waals surface area contributed by atoms with Crippen LogP contribution in [0.3, 0.4) is 0 Å². The molecule has 3 rings (SSSR count). The molecule has 136 valence electrons. The van der Waals surface area contributed by atoms with Gasteiger partial charge in [-0.1, -0.05) is 12.1 Å². The maximum atomic E-state index is 12.3. The number of carbonyl (C=O) groups excluding carboxylic acids is 1. The monoisotopic (exact) mass is 352 g/mol. The normalized spacial score (nSPS) is 20.3. The molecule has 0 aliphatic carbocycles. The van der Waals surface area contributed by atoms with Gasteiger partial charge in [-0.15, -0.1) is 0 Å². The van der Waals surface area contributed by atoms with Crippen LogP contribution >= 0.6 is 0 Å². The quantitative estimate of drug-likeness (QED) is 0.775. The Kier molecular flexibility index (Phi) is 6.02. The predicted molar refractivity (Wildman–Crippen MR) is 101 cm³/mol. The maximum Gasteiger partial charge on any atom is 0.246 e. The predicted octanol–water partition coefficient (Wildman–Crippen LogP) is 3.31. The van der Waals surface area contributed by atoms with Crippen molar-refractivity contribution < 1.29 is 14.3 Å². The van der Waals surface area contributed by atoms with Crippen LogP contribution in [0.1, 0.15) is 25.0 Å². The summed E-state index contributed by atoms with van der Waals surface area (Å²) >= 11 is 0. The third-order valence-electron chi connectivity index (χ3n) is 4.18. The second-order valence-electron chi connectivity index (χ2n) is 6.55. The minimum absolute atomic E-state index is 0.0185. The van der Waals surface area contributed by atoms with Crippen molar-refractivity contribution in [3.8, 4) is 5.75 Å². The van der Waals surface area contributed by atoms with Gasteiger partial charge in [0, 0.05) is 31.6 Å². The fourth-order valence-electron chi connectivity index (χ4n) is 2.95. The first-order valence-electron chi connectivity index (χ1n) is 8.84. The molecule has 0 N–H and O–H groups in total. The van der Waals surface area contributed by atoms with Crippen molar-refractivity contribution in [2.75, 3.05) is 13.1 Å². The largest absolute Gasteiger partial charge is 0.489 e. The highest BCUT2D eigenvalue weighted by molar-refractivity contribution is 5.91. The Morgan fingerprint density at radius 3 is 2.46 bits per heavy atom. The number of pyridine rings is 1. The molecule has 1 aliphatic heterocycles. The number of hydrogen-bond donors (Lipinski definition) is 0. The average Bonchev–Trinajstić information content (AvgIpc) is 2.65. The molecular formula is C21H24N2O3. The van der Waals surface area contributed by atoms with Gasteiger partial charge in [0.2, 0.25) is 5.91 Å². The van der Waals surface area contributed by atoms with Crippen LogP contribution in [0.4, 0.5) is 0 Å². The van der Waals surface area contributed by atoms with Crippen LogP contribution in [-0.2, 0) is 16.1 Å². The number of aromatic nitrogens is 1. The minimum atomic E-state index is 0.0185. The summed E-state index contributed by atoms with van der Waals surface area (Å²) in [5.74, 6) is 0.811. The molecule has 0 bridgehead atoms. The number of benzene rings is 1. The lowest BCUT2D eigenvalue weighted by molar-refractivity contribution is -0.137. The van der Waals surface area contributed by atoms with Gasteiger partial charge in [0.15, 0.2) is 0 Å². The van der Waals surface area contributed by atoms with Crippen LogP contribution < -0.4 is 4.74 Å². The van der Waals surface area contributed by atoms with E-state index in [9.17, 15) is 4.79 Å². The van der Waals surface area contributed by atoms with Gasteiger partial charge in [0.05, 0.1) is 12.2 Å². The van der Waals surface area contributed by atoms with Crippen molar-refractivity contribution >= 4 is 12.0 Å². The van der Waals surface area contributed by atoms with Gasteiger partial charge in [0.1, 0.15) is 12.4 Å². The van der Waals surface area contributed by atoms with Crippen LogP contribution in [-0.4, -0.2) is 41.1 Å². The molecule has 2 heterocycles. The van der Waals surface area contributed by atoms with Crippen LogP contribution in [0, 0.1) is 0 Å². The molecule has 1 aliphatic rings. The van der Waals surface area contributed by atoms with Gasteiger partial charge in [-0.2, -0.15) is 0 Å². The van der Waals surface area contributed by atoms with Crippen LogP contribution in [0.25, 0.3) is 6.08 Å². The lowest BCUT2D eigenvalue weighted by Gasteiger charge is -2.34. The van der Waals surface area contributed by atoms with E-state index in [0.29, 0.717) is 19.7 Å². The summed E-state index contributed by atoms with van der Waals surface area (Å²) in [6.45, 7) is 5.75. The molecular weight excluding hydrogens is 328 g/mol. The Hall–Kier alpha value is -2.66. The first-order valence-corrected chi connectivity index (χ1v) is 8.84. The Morgan fingerprint density at radius 2 is 1.81 bits per heavy atom. The number of rotatable bonds is 5. The first kappa shape index (κ1) is 18.1. The number of hydrogen-bond acceptors (Lipinski definition) is 4. The maximum absolute atomic E-state index is 12.3. The van der Waals surface area contributed by atoms with Crippen molar-refractivity contribution in [1.29, 1.82) is 0 Å². The standard InChI is InChI=1S/C21H24N2O3/c1-16-13-23(14-17(2)26-16)21(24)8-5-18-3-6-20(7-4-18)25-15-19-9-11-22-12-10-19/h3-12,16-17H,13-15H2,1-2H3/b8-5+. The summed E-state index contributed by atoms with van der Waals surface area (Å²) in [6, 6.07) is 11.5. The molecule has 1 amide bonds. The minimum Gasteiger partial charge on any atom is -0.489 e. The molecule has 1 aromatic heterocycles. The van der Waals surface area contributed by atoms with Gasteiger partial charge in [-0.3, -0.25) is 9.78 Å². The summed E-state index contributed by atoms with van der Waals surface area (Å²) in [5.41, 5.74) is 2.03. The molecule has 2 aromatic rings. The molecule has 5 nitrogen and oxygen atoms in total. The van der Waals surface area contributed by atoms with Gasteiger partial charge < -0.3 is 14.4 Å². The van der Waals surface area contributed by atoms with Crippen LogP contribution in [0.5, 0.6) is 5.75 Å². The van der Waals surface area contributed by atoms with Crippen LogP contribution in [0.15, 0.2) is 54.9 Å². The Labute approximate surface area is 154 Å². The molecule has 1 aromatic carbocycles. The summed E-state index contributed by atoms with van der Waals surface area (Å²) < 4.78 is 11.4. The van der Waals surface area contributed by atoms with Gasteiger partial charge in [-0.25, -0.2) is 0 Å². The zero-order valence-corrected chi connectivity index (χ0v) is 15.2. The van der Waals surface area contributed by atoms with Gasteiger partial charge in [0.25, 0.3) is 0 Å². The van der Waals surface area contributed by atoms with Crippen molar-refractivity contribution in [2.45, 2.75) is 32.7 Å². The van der Waals surface area contributed by atoms with E-state index in [-0.39, 0.29) is 18.1 Å². The molecule has 2 atom stereocenters. The van der Waals surface area contributed by atoms with Crippen molar-refractivity contribution in [2.24, 2.45) is 0 Å². The van der Waals surface area contributed by atoms with Gasteiger partial charge >= 0.3 is 0 Å². The lowest BCUT2D eigenvalue weighted by atomic mass is 10.2.